The van der Waals surface area contributed by atoms with Crippen molar-refractivity contribution in [3.8, 4) is 0 Å². The molecular weight excluding hydrogens is 256 g/mol. The maximum absolute atomic E-state index is 12.9. The second-order valence-electron chi connectivity index (χ2n) is 7.31. The first-order chi connectivity index (χ1) is 9.09. The Morgan fingerprint density at radius 3 is 2.35 bits per heavy atom. The summed E-state index contributed by atoms with van der Waals surface area (Å²) >= 11 is 0. The number of amides is 2. The molecule has 0 radical (unpaired) electrons. The number of ether oxygens (including phenoxy) is 1. The predicted molar refractivity (Wildman–Crippen MR) is 76.1 cm³/mol. The minimum absolute atomic E-state index is 0.00412. The van der Waals surface area contributed by atoms with Crippen LogP contribution in [0.25, 0.3) is 0 Å². The number of carbonyl (C=O) groups is 2. The molecule has 2 amide bonds. The second-order valence-corrected chi connectivity index (χ2v) is 7.31. The Hall–Kier alpha value is -1.10. The Balaban J connectivity index is 2.39. The molecule has 5 heteroatoms. The smallest absolute Gasteiger partial charge is 0.246 e. The van der Waals surface area contributed by atoms with Gasteiger partial charge in [-0.05, 0) is 32.6 Å². The second kappa shape index (κ2) is 4.72. The van der Waals surface area contributed by atoms with Gasteiger partial charge in [-0.3, -0.25) is 9.59 Å². The highest BCUT2D eigenvalue weighted by Gasteiger charge is 2.53. The van der Waals surface area contributed by atoms with Crippen molar-refractivity contribution in [3.63, 3.8) is 0 Å². The highest BCUT2D eigenvalue weighted by atomic mass is 16.5. The van der Waals surface area contributed by atoms with Crippen molar-refractivity contribution >= 4 is 11.8 Å². The van der Waals surface area contributed by atoms with Crippen LogP contribution < -0.4 is 5.32 Å². The molecule has 0 aromatic carbocycles. The lowest BCUT2D eigenvalue weighted by Gasteiger charge is -2.50. The van der Waals surface area contributed by atoms with Crippen LogP contribution in [-0.4, -0.2) is 47.0 Å². The Morgan fingerprint density at radius 2 is 1.90 bits per heavy atom. The van der Waals surface area contributed by atoms with Crippen LogP contribution in [0.15, 0.2) is 0 Å². The molecule has 4 atom stereocenters. The van der Waals surface area contributed by atoms with Gasteiger partial charge in [0.25, 0.3) is 0 Å². The molecule has 0 bridgehead atoms. The zero-order chi connectivity index (χ0) is 15.3. The quantitative estimate of drug-likeness (QED) is 0.789. The predicted octanol–water partition coefficient (Wildman–Crippen LogP) is 1.32. The van der Waals surface area contributed by atoms with Crippen molar-refractivity contribution in [1.82, 2.24) is 10.2 Å². The fourth-order valence-corrected chi connectivity index (χ4v) is 3.19. The molecule has 0 saturated carbocycles. The monoisotopic (exact) mass is 282 g/mol. The van der Waals surface area contributed by atoms with Crippen LogP contribution in [-0.2, 0) is 14.3 Å². The summed E-state index contributed by atoms with van der Waals surface area (Å²) in [5.74, 6) is -0.0747. The molecule has 114 valence electrons. The lowest BCUT2D eigenvalue weighted by molar-refractivity contribution is -0.161. The summed E-state index contributed by atoms with van der Waals surface area (Å²) in [4.78, 5) is 27.0. The minimum Gasteiger partial charge on any atom is -0.376 e. The lowest BCUT2D eigenvalue weighted by Crippen LogP contribution is -2.71. The zero-order valence-corrected chi connectivity index (χ0v) is 13.3. The maximum atomic E-state index is 12.9. The molecule has 0 aromatic heterocycles. The highest BCUT2D eigenvalue weighted by molar-refractivity contribution is 5.97. The van der Waals surface area contributed by atoms with Gasteiger partial charge < -0.3 is 15.0 Å². The van der Waals surface area contributed by atoms with Gasteiger partial charge in [0.2, 0.25) is 11.8 Å². The SMILES string of the molecule is CC1C(=O)NC(C(C)(C)C)C(=O)N1C1(C)CCOC1C. The van der Waals surface area contributed by atoms with Crippen LogP contribution in [0.1, 0.15) is 48.0 Å². The molecule has 4 unspecified atom stereocenters. The molecule has 2 fully saturated rings. The van der Waals surface area contributed by atoms with Crippen LogP contribution in [0.5, 0.6) is 0 Å². The molecule has 2 aliphatic heterocycles. The van der Waals surface area contributed by atoms with Gasteiger partial charge in [0.05, 0.1) is 11.6 Å². The van der Waals surface area contributed by atoms with Gasteiger partial charge in [0, 0.05) is 6.61 Å². The van der Waals surface area contributed by atoms with Gasteiger partial charge in [-0.1, -0.05) is 20.8 Å². The lowest BCUT2D eigenvalue weighted by atomic mass is 9.81. The van der Waals surface area contributed by atoms with Gasteiger partial charge in [0.1, 0.15) is 12.1 Å². The zero-order valence-electron chi connectivity index (χ0n) is 13.3. The summed E-state index contributed by atoms with van der Waals surface area (Å²) in [6.07, 6.45) is 0.717. The highest BCUT2D eigenvalue weighted by Crippen LogP contribution is 2.37. The van der Waals surface area contributed by atoms with Crippen LogP contribution in [0.3, 0.4) is 0 Å². The van der Waals surface area contributed by atoms with E-state index in [0.717, 1.165) is 6.42 Å². The van der Waals surface area contributed by atoms with Gasteiger partial charge in [0.15, 0.2) is 0 Å². The number of piperazine rings is 1. The molecule has 0 aromatic rings. The summed E-state index contributed by atoms with van der Waals surface area (Å²) in [6, 6.07) is -0.925. The Morgan fingerprint density at radius 1 is 1.30 bits per heavy atom. The molecular formula is C15H26N2O3. The largest absolute Gasteiger partial charge is 0.376 e. The summed E-state index contributed by atoms with van der Waals surface area (Å²) < 4.78 is 5.65. The number of nitrogens with zero attached hydrogens (tertiary/aromatic N) is 1. The van der Waals surface area contributed by atoms with Crippen molar-refractivity contribution < 1.29 is 14.3 Å². The van der Waals surface area contributed by atoms with E-state index in [1.807, 2.05) is 34.6 Å². The average Bonchev–Trinajstić information content (AvgIpc) is 2.64. The van der Waals surface area contributed by atoms with Crippen LogP contribution in [0, 0.1) is 5.41 Å². The Bertz CT molecular complexity index is 429. The van der Waals surface area contributed by atoms with E-state index in [9.17, 15) is 9.59 Å². The van der Waals surface area contributed by atoms with Crippen LogP contribution in [0.2, 0.25) is 0 Å². The van der Waals surface area contributed by atoms with Crippen molar-refractivity contribution in [2.75, 3.05) is 6.61 Å². The van der Waals surface area contributed by atoms with Crippen molar-refractivity contribution in [2.45, 2.75) is 71.7 Å². The van der Waals surface area contributed by atoms with E-state index in [1.165, 1.54) is 0 Å². The molecule has 0 aliphatic carbocycles. The third-order valence-corrected chi connectivity index (χ3v) is 4.81. The molecule has 2 saturated heterocycles. The van der Waals surface area contributed by atoms with Crippen molar-refractivity contribution in [2.24, 2.45) is 5.41 Å². The van der Waals surface area contributed by atoms with Gasteiger partial charge in [-0.15, -0.1) is 0 Å². The van der Waals surface area contributed by atoms with E-state index in [0.29, 0.717) is 6.61 Å². The van der Waals surface area contributed by atoms with E-state index in [4.69, 9.17) is 4.74 Å². The first-order valence-corrected chi connectivity index (χ1v) is 7.34. The molecule has 5 nitrogen and oxygen atoms in total. The van der Waals surface area contributed by atoms with Gasteiger partial charge in [-0.25, -0.2) is 0 Å². The number of carbonyl (C=O) groups excluding carboxylic acids is 2. The van der Waals surface area contributed by atoms with E-state index < -0.39 is 17.6 Å². The molecule has 0 spiro atoms. The normalized spacial score (nSPS) is 39.1. The van der Waals surface area contributed by atoms with Crippen molar-refractivity contribution in [3.05, 3.63) is 0 Å². The standard InChI is InChI=1S/C15H26N2O3/c1-9-12(18)16-11(14(3,4)5)13(19)17(9)15(6)7-8-20-10(15)2/h9-11H,7-8H2,1-6H3,(H,16,18). The third-order valence-electron chi connectivity index (χ3n) is 4.81. The number of hydrogen-bond donors (Lipinski definition) is 1. The Labute approximate surface area is 121 Å². The molecule has 2 heterocycles. The number of hydrogen-bond acceptors (Lipinski definition) is 3. The summed E-state index contributed by atoms with van der Waals surface area (Å²) in [6.45, 7) is 12.4. The molecule has 2 aliphatic rings. The molecule has 20 heavy (non-hydrogen) atoms. The fourth-order valence-electron chi connectivity index (χ4n) is 3.19. The topological polar surface area (TPSA) is 58.6 Å². The van der Waals surface area contributed by atoms with E-state index in [-0.39, 0.29) is 23.3 Å². The number of rotatable bonds is 1. The minimum atomic E-state index is -0.476. The van der Waals surface area contributed by atoms with Crippen LogP contribution >= 0.6 is 0 Å². The average molecular weight is 282 g/mol. The summed E-state index contributed by atoms with van der Waals surface area (Å²) in [5, 5.41) is 2.87. The maximum Gasteiger partial charge on any atom is 0.246 e. The first kappa shape index (κ1) is 15.3. The Kier molecular flexibility index (Phi) is 3.61. The molecule has 1 N–H and O–H groups in total. The summed E-state index contributed by atoms with van der Waals surface area (Å²) in [5.41, 5.74) is -0.706. The van der Waals surface area contributed by atoms with E-state index in [1.54, 1.807) is 11.8 Å². The van der Waals surface area contributed by atoms with Gasteiger partial charge >= 0.3 is 0 Å². The number of nitrogens with one attached hydrogen (secondary N) is 1. The first-order valence-electron chi connectivity index (χ1n) is 7.34. The summed E-state index contributed by atoms with van der Waals surface area (Å²) in [7, 11) is 0. The molecule has 2 rings (SSSR count). The van der Waals surface area contributed by atoms with E-state index >= 15 is 0 Å². The van der Waals surface area contributed by atoms with Crippen molar-refractivity contribution in [1.29, 1.82) is 0 Å². The van der Waals surface area contributed by atoms with E-state index in [2.05, 4.69) is 5.32 Å². The van der Waals surface area contributed by atoms with Crippen LogP contribution in [0.4, 0.5) is 0 Å². The fraction of sp³-hybridized carbons (Fsp3) is 0.867. The third kappa shape index (κ3) is 2.22. The van der Waals surface area contributed by atoms with Gasteiger partial charge in [-0.2, -0.15) is 0 Å².